The van der Waals surface area contributed by atoms with Crippen molar-refractivity contribution in [1.29, 1.82) is 0 Å². The highest BCUT2D eigenvalue weighted by molar-refractivity contribution is 5.87. The van der Waals surface area contributed by atoms with E-state index in [2.05, 4.69) is 0 Å². The van der Waals surface area contributed by atoms with E-state index >= 15 is 0 Å². The van der Waals surface area contributed by atoms with Crippen molar-refractivity contribution in [2.24, 2.45) is 5.73 Å². The molecule has 0 rings (SSSR count). The molecule has 0 aromatic carbocycles. The first-order valence-corrected chi connectivity index (χ1v) is 2.74. The zero-order chi connectivity index (χ0) is 9.23. The summed E-state index contributed by atoms with van der Waals surface area (Å²) in [5, 5.41) is 25.4. The summed E-state index contributed by atoms with van der Waals surface area (Å²) in [5.74, 6) is -3.22. The molecule has 0 saturated heterocycles. The van der Waals surface area contributed by atoms with Crippen LogP contribution in [-0.2, 0) is 9.59 Å². The van der Waals surface area contributed by atoms with Crippen molar-refractivity contribution in [2.45, 2.75) is 18.6 Å². The number of carbonyl (C=O) groups is 2. The number of aliphatic hydroxyl groups is 1. The molecule has 5 N–H and O–H groups in total. The second-order valence-corrected chi connectivity index (χ2v) is 2.27. The van der Waals surface area contributed by atoms with E-state index in [-0.39, 0.29) is 0 Å². The van der Waals surface area contributed by atoms with Gasteiger partial charge in [-0.3, -0.25) is 4.79 Å². The summed E-state index contributed by atoms with van der Waals surface area (Å²) in [6.45, 7) is 0.828. The van der Waals surface area contributed by atoms with Crippen molar-refractivity contribution >= 4 is 11.9 Å². The van der Waals surface area contributed by atoms with Gasteiger partial charge in [0, 0.05) is 0 Å². The average Bonchev–Trinajstić information content (AvgIpc) is 1.85. The van der Waals surface area contributed by atoms with Gasteiger partial charge < -0.3 is 21.1 Å². The standard InChI is InChI=1S/C5H9NO5/c1-5(11,4(9)10)2(6)3(7)8/h2,11H,6H2,1H3,(H,7,8)(H,9,10)/t2-,5+/m1/s1. The highest BCUT2D eigenvalue weighted by Gasteiger charge is 2.41. The number of hydrogen-bond donors (Lipinski definition) is 4. The molecule has 0 saturated carbocycles. The SMILES string of the molecule is C[C@@](O)(C(=O)O)[C@H](N)C(=O)O. The molecule has 0 aromatic heterocycles. The van der Waals surface area contributed by atoms with E-state index in [1.165, 1.54) is 0 Å². The fourth-order valence-corrected chi connectivity index (χ4v) is 0.373. The van der Waals surface area contributed by atoms with Crippen LogP contribution < -0.4 is 5.73 Å². The topological polar surface area (TPSA) is 121 Å². The summed E-state index contributed by atoms with van der Waals surface area (Å²) in [5.41, 5.74) is 2.44. The molecular weight excluding hydrogens is 154 g/mol. The Bertz CT molecular complexity index is 187. The van der Waals surface area contributed by atoms with Crippen LogP contribution in [0.1, 0.15) is 6.92 Å². The molecule has 0 aromatic rings. The maximum absolute atomic E-state index is 10.2. The smallest absolute Gasteiger partial charge is 0.337 e. The number of aliphatic carboxylic acids is 2. The Morgan fingerprint density at radius 3 is 1.91 bits per heavy atom. The van der Waals surface area contributed by atoms with Gasteiger partial charge in [0.1, 0.15) is 6.04 Å². The van der Waals surface area contributed by atoms with Crippen molar-refractivity contribution in [2.75, 3.05) is 0 Å². The molecule has 0 fully saturated rings. The van der Waals surface area contributed by atoms with Crippen LogP contribution in [0.25, 0.3) is 0 Å². The molecule has 0 heterocycles. The van der Waals surface area contributed by atoms with E-state index in [0.29, 0.717) is 0 Å². The first-order chi connectivity index (χ1) is 4.80. The van der Waals surface area contributed by atoms with Crippen molar-refractivity contribution in [3.05, 3.63) is 0 Å². The van der Waals surface area contributed by atoms with E-state index in [4.69, 9.17) is 21.1 Å². The third-order valence-electron chi connectivity index (χ3n) is 1.30. The zero-order valence-electron chi connectivity index (χ0n) is 5.81. The molecule has 2 atom stereocenters. The molecule has 0 amide bonds. The molecule has 0 aliphatic carbocycles. The van der Waals surface area contributed by atoms with Gasteiger partial charge in [0.15, 0.2) is 5.60 Å². The lowest BCUT2D eigenvalue weighted by molar-refractivity contribution is -0.165. The lowest BCUT2D eigenvalue weighted by Gasteiger charge is -2.21. The lowest BCUT2D eigenvalue weighted by Crippen LogP contribution is -2.55. The minimum atomic E-state index is -2.42. The zero-order valence-corrected chi connectivity index (χ0v) is 5.81. The van der Waals surface area contributed by atoms with Crippen molar-refractivity contribution < 1.29 is 24.9 Å². The van der Waals surface area contributed by atoms with Crippen LogP contribution in [0.2, 0.25) is 0 Å². The van der Waals surface area contributed by atoms with Crippen LogP contribution in [0.3, 0.4) is 0 Å². The van der Waals surface area contributed by atoms with Crippen molar-refractivity contribution in [1.82, 2.24) is 0 Å². The first-order valence-electron chi connectivity index (χ1n) is 2.74. The Morgan fingerprint density at radius 2 is 1.82 bits per heavy atom. The maximum atomic E-state index is 10.2. The predicted octanol–water partition coefficient (Wildman–Crippen LogP) is -1.77. The predicted molar refractivity (Wildman–Crippen MR) is 33.9 cm³/mol. The van der Waals surface area contributed by atoms with Gasteiger partial charge in [-0.15, -0.1) is 0 Å². The number of carboxylic acids is 2. The molecule has 11 heavy (non-hydrogen) atoms. The van der Waals surface area contributed by atoms with Crippen LogP contribution in [-0.4, -0.2) is 38.9 Å². The molecule has 6 heteroatoms. The van der Waals surface area contributed by atoms with Gasteiger partial charge in [-0.2, -0.15) is 0 Å². The van der Waals surface area contributed by atoms with Gasteiger partial charge in [0.2, 0.25) is 0 Å². The Kier molecular flexibility index (Phi) is 2.55. The largest absolute Gasteiger partial charge is 0.480 e. The van der Waals surface area contributed by atoms with Gasteiger partial charge in [0.25, 0.3) is 0 Å². The Hall–Kier alpha value is -1.14. The van der Waals surface area contributed by atoms with E-state index in [0.717, 1.165) is 6.92 Å². The monoisotopic (exact) mass is 163 g/mol. The highest BCUT2D eigenvalue weighted by Crippen LogP contribution is 2.07. The van der Waals surface area contributed by atoms with Gasteiger partial charge in [-0.05, 0) is 6.92 Å². The van der Waals surface area contributed by atoms with E-state index < -0.39 is 23.6 Å². The number of rotatable bonds is 3. The molecular formula is C5H9NO5. The van der Waals surface area contributed by atoms with Gasteiger partial charge in [-0.1, -0.05) is 0 Å². The van der Waals surface area contributed by atoms with Crippen LogP contribution in [0.15, 0.2) is 0 Å². The molecule has 64 valence electrons. The average molecular weight is 163 g/mol. The minimum Gasteiger partial charge on any atom is -0.480 e. The summed E-state index contributed by atoms with van der Waals surface area (Å²) >= 11 is 0. The second kappa shape index (κ2) is 2.85. The first kappa shape index (κ1) is 9.86. The molecule has 0 spiro atoms. The fourth-order valence-electron chi connectivity index (χ4n) is 0.373. The molecule has 0 bridgehead atoms. The molecule has 0 unspecified atom stereocenters. The second-order valence-electron chi connectivity index (χ2n) is 2.27. The van der Waals surface area contributed by atoms with E-state index in [1.807, 2.05) is 0 Å². The number of nitrogens with two attached hydrogens (primary N) is 1. The summed E-state index contributed by atoms with van der Waals surface area (Å²) in [7, 11) is 0. The highest BCUT2D eigenvalue weighted by atomic mass is 16.4. The van der Waals surface area contributed by atoms with Crippen LogP contribution in [0.4, 0.5) is 0 Å². The third kappa shape index (κ3) is 1.89. The van der Waals surface area contributed by atoms with Crippen molar-refractivity contribution in [3.63, 3.8) is 0 Å². The Labute approximate surface area is 62.2 Å². The molecule has 0 radical (unpaired) electrons. The maximum Gasteiger partial charge on any atom is 0.337 e. The van der Waals surface area contributed by atoms with Crippen LogP contribution in [0.5, 0.6) is 0 Å². The summed E-state index contributed by atoms with van der Waals surface area (Å²) in [6, 6.07) is -1.82. The molecule has 0 aliphatic heterocycles. The summed E-state index contributed by atoms with van der Waals surface area (Å²) in [6.07, 6.45) is 0. The van der Waals surface area contributed by atoms with Crippen molar-refractivity contribution in [3.8, 4) is 0 Å². The van der Waals surface area contributed by atoms with Gasteiger partial charge in [0.05, 0.1) is 0 Å². The van der Waals surface area contributed by atoms with E-state index in [1.54, 1.807) is 0 Å². The number of carboxylic acid groups (broad SMARTS) is 2. The quantitative estimate of drug-likeness (QED) is 0.391. The molecule has 0 aliphatic rings. The molecule has 6 nitrogen and oxygen atoms in total. The van der Waals surface area contributed by atoms with Crippen LogP contribution in [0, 0.1) is 0 Å². The number of hydrogen-bond acceptors (Lipinski definition) is 4. The fraction of sp³-hybridized carbons (Fsp3) is 0.600. The normalized spacial score (nSPS) is 18.5. The lowest BCUT2D eigenvalue weighted by atomic mass is 9.98. The minimum absolute atomic E-state index is 0.828. The Balaban J connectivity index is 4.55. The van der Waals surface area contributed by atoms with Gasteiger partial charge >= 0.3 is 11.9 Å². The van der Waals surface area contributed by atoms with E-state index in [9.17, 15) is 9.59 Å². The Morgan fingerprint density at radius 1 is 1.45 bits per heavy atom. The third-order valence-corrected chi connectivity index (χ3v) is 1.30. The summed E-state index contributed by atoms with van der Waals surface area (Å²) in [4.78, 5) is 20.3. The van der Waals surface area contributed by atoms with Gasteiger partial charge in [-0.25, -0.2) is 4.79 Å². The summed E-state index contributed by atoms with van der Waals surface area (Å²) < 4.78 is 0. The van der Waals surface area contributed by atoms with Crippen LogP contribution >= 0.6 is 0 Å².